The summed E-state index contributed by atoms with van der Waals surface area (Å²) in [4.78, 5) is 2.17. The summed E-state index contributed by atoms with van der Waals surface area (Å²) in [5, 5.41) is 0. The summed E-state index contributed by atoms with van der Waals surface area (Å²) in [7, 11) is 0. The summed E-state index contributed by atoms with van der Waals surface area (Å²) in [6, 6.07) is 0.0637. The first-order valence-electron chi connectivity index (χ1n) is 5.08. The van der Waals surface area contributed by atoms with Gasteiger partial charge in [-0.1, -0.05) is 20.8 Å². The Morgan fingerprint density at radius 1 is 1.46 bits per heavy atom. The van der Waals surface area contributed by atoms with E-state index in [-0.39, 0.29) is 18.9 Å². The van der Waals surface area contributed by atoms with Crippen molar-refractivity contribution in [3.63, 3.8) is 0 Å². The van der Waals surface area contributed by atoms with Crippen molar-refractivity contribution in [1.29, 1.82) is 0 Å². The minimum Gasteiger partial charge on any atom is -0.300 e. The van der Waals surface area contributed by atoms with Gasteiger partial charge in [-0.25, -0.2) is 8.78 Å². The molecule has 0 bridgehead atoms. The molecule has 0 aliphatic carbocycles. The topological polar surface area (TPSA) is 3.24 Å². The zero-order valence-electron chi connectivity index (χ0n) is 8.69. The van der Waals surface area contributed by atoms with Crippen molar-refractivity contribution in [3.05, 3.63) is 0 Å². The van der Waals surface area contributed by atoms with E-state index in [1.165, 1.54) is 0 Å². The van der Waals surface area contributed by atoms with Crippen molar-refractivity contribution < 1.29 is 8.78 Å². The van der Waals surface area contributed by atoms with E-state index in [1.54, 1.807) is 0 Å². The summed E-state index contributed by atoms with van der Waals surface area (Å²) in [5.41, 5.74) is 0. The molecule has 0 aromatic rings. The normalized spacial score (nSPS) is 29.5. The molecule has 1 saturated heterocycles. The first-order valence-corrected chi connectivity index (χ1v) is 5.08. The van der Waals surface area contributed by atoms with Crippen LogP contribution < -0.4 is 0 Å². The first kappa shape index (κ1) is 10.9. The average Bonchev–Trinajstić information content (AvgIpc) is 2.03. The molecule has 0 spiro atoms. The van der Waals surface area contributed by atoms with Crippen LogP contribution >= 0.6 is 0 Å². The van der Waals surface area contributed by atoms with Gasteiger partial charge in [0.05, 0.1) is 0 Å². The summed E-state index contributed by atoms with van der Waals surface area (Å²) in [6.45, 7) is 7.52. The van der Waals surface area contributed by atoms with Crippen LogP contribution in [0.2, 0.25) is 0 Å². The Kier molecular flexibility index (Phi) is 3.28. The number of likely N-dealkylation sites (tertiary alicyclic amines) is 1. The molecule has 0 aromatic carbocycles. The van der Waals surface area contributed by atoms with Gasteiger partial charge in [-0.15, -0.1) is 0 Å². The van der Waals surface area contributed by atoms with Gasteiger partial charge < -0.3 is 0 Å². The molecular formula is C10H19F2N. The van der Waals surface area contributed by atoms with Crippen molar-refractivity contribution in [2.75, 3.05) is 13.1 Å². The van der Waals surface area contributed by atoms with Gasteiger partial charge in [0.25, 0.3) is 5.92 Å². The second kappa shape index (κ2) is 3.91. The Hall–Kier alpha value is -0.180. The highest BCUT2D eigenvalue weighted by molar-refractivity contribution is 4.87. The molecule has 1 fully saturated rings. The SMILES string of the molecule is CCN1CCC(F)(F)C[C@@H]1C(C)C. The highest BCUT2D eigenvalue weighted by Gasteiger charge is 2.40. The highest BCUT2D eigenvalue weighted by atomic mass is 19.3. The fraction of sp³-hybridized carbons (Fsp3) is 1.00. The Bertz CT molecular complexity index is 168. The largest absolute Gasteiger partial charge is 0.300 e. The summed E-state index contributed by atoms with van der Waals surface area (Å²) in [5.74, 6) is -2.10. The lowest BCUT2D eigenvalue weighted by atomic mass is 9.90. The van der Waals surface area contributed by atoms with E-state index in [0.717, 1.165) is 6.54 Å². The van der Waals surface area contributed by atoms with Crippen LogP contribution in [0.15, 0.2) is 0 Å². The van der Waals surface area contributed by atoms with Crippen molar-refractivity contribution in [3.8, 4) is 0 Å². The molecule has 1 nitrogen and oxygen atoms in total. The monoisotopic (exact) mass is 191 g/mol. The number of rotatable bonds is 2. The molecule has 78 valence electrons. The predicted octanol–water partition coefficient (Wildman–Crippen LogP) is 2.76. The number of alkyl halides is 2. The quantitative estimate of drug-likeness (QED) is 0.648. The lowest BCUT2D eigenvalue weighted by molar-refractivity contribution is -0.0856. The molecule has 1 atom stereocenters. The Labute approximate surface area is 79.1 Å². The van der Waals surface area contributed by atoms with Crippen LogP contribution in [0.1, 0.15) is 33.6 Å². The van der Waals surface area contributed by atoms with E-state index in [1.807, 2.05) is 20.8 Å². The van der Waals surface area contributed by atoms with Crippen molar-refractivity contribution >= 4 is 0 Å². The molecule has 13 heavy (non-hydrogen) atoms. The third-order valence-electron chi connectivity index (χ3n) is 2.92. The second-order valence-corrected chi connectivity index (χ2v) is 4.25. The highest BCUT2D eigenvalue weighted by Crippen LogP contribution is 2.34. The lowest BCUT2D eigenvalue weighted by Gasteiger charge is -2.40. The van der Waals surface area contributed by atoms with Gasteiger partial charge in [-0.05, 0) is 12.5 Å². The number of hydrogen-bond donors (Lipinski definition) is 0. The molecule has 1 aliphatic heterocycles. The van der Waals surface area contributed by atoms with Crippen LogP contribution in [0.25, 0.3) is 0 Å². The molecule has 0 unspecified atom stereocenters. The Morgan fingerprint density at radius 3 is 2.54 bits per heavy atom. The number of hydrogen-bond acceptors (Lipinski definition) is 1. The molecule has 1 aliphatic rings. The standard InChI is InChI=1S/C10H19F2N/c1-4-13-6-5-10(11,12)7-9(13)8(2)3/h8-9H,4-7H2,1-3H3/t9-/m1/s1. The van der Waals surface area contributed by atoms with E-state index < -0.39 is 5.92 Å². The maximum atomic E-state index is 13.1. The fourth-order valence-electron chi connectivity index (χ4n) is 2.06. The maximum absolute atomic E-state index is 13.1. The van der Waals surface area contributed by atoms with Crippen molar-refractivity contribution in [2.24, 2.45) is 5.92 Å². The lowest BCUT2D eigenvalue weighted by Crippen LogP contribution is -2.49. The van der Waals surface area contributed by atoms with E-state index in [4.69, 9.17) is 0 Å². The predicted molar refractivity (Wildman–Crippen MR) is 50.1 cm³/mol. The molecule has 0 radical (unpaired) electrons. The number of halogens is 2. The van der Waals surface area contributed by atoms with Gasteiger partial charge in [0.15, 0.2) is 0 Å². The van der Waals surface area contributed by atoms with Crippen LogP contribution in [0.4, 0.5) is 8.78 Å². The summed E-state index contributed by atoms with van der Waals surface area (Å²) >= 11 is 0. The van der Waals surface area contributed by atoms with Crippen LogP contribution in [0, 0.1) is 5.92 Å². The summed E-state index contributed by atoms with van der Waals surface area (Å²) < 4.78 is 26.2. The molecule has 1 heterocycles. The Morgan fingerprint density at radius 2 is 2.08 bits per heavy atom. The zero-order valence-corrected chi connectivity index (χ0v) is 8.69. The molecule has 3 heteroatoms. The maximum Gasteiger partial charge on any atom is 0.250 e. The molecule has 1 rings (SSSR count). The average molecular weight is 191 g/mol. The van der Waals surface area contributed by atoms with Crippen molar-refractivity contribution in [2.45, 2.75) is 45.6 Å². The smallest absolute Gasteiger partial charge is 0.250 e. The van der Waals surface area contributed by atoms with Crippen LogP contribution in [0.3, 0.4) is 0 Å². The molecule has 0 aromatic heterocycles. The van der Waals surface area contributed by atoms with Gasteiger partial charge in [-0.2, -0.15) is 0 Å². The third-order valence-corrected chi connectivity index (χ3v) is 2.92. The van der Waals surface area contributed by atoms with Gasteiger partial charge in [0, 0.05) is 25.4 Å². The third kappa shape index (κ3) is 2.63. The molecular weight excluding hydrogens is 172 g/mol. The van der Waals surface area contributed by atoms with E-state index in [9.17, 15) is 8.78 Å². The van der Waals surface area contributed by atoms with Crippen LogP contribution in [-0.2, 0) is 0 Å². The second-order valence-electron chi connectivity index (χ2n) is 4.25. The zero-order chi connectivity index (χ0) is 10.1. The van der Waals surface area contributed by atoms with Crippen LogP contribution in [0.5, 0.6) is 0 Å². The van der Waals surface area contributed by atoms with Crippen molar-refractivity contribution in [1.82, 2.24) is 4.90 Å². The van der Waals surface area contributed by atoms with E-state index in [2.05, 4.69) is 4.90 Å². The summed E-state index contributed by atoms with van der Waals surface area (Å²) in [6.07, 6.45) is 0.0720. The minimum atomic E-state index is -2.43. The number of nitrogens with zero attached hydrogens (tertiary/aromatic N) is 1. The number of piperidine rings is 1. The fourth-order valence-corrected chi connectivity index (χ4v) is 2.06. The van der Waals surface area contributed by atoms with E-state index in [0.29, 0.717) is 12.5 Å². The van der Waals surface area contributed by atoms with Gasteiger partial charge >= 0.3 is 0 Å². The minimum absolute atomic E-state index is 0.0318. The molecule has 0 amide bonds. The van der Waals surface area contributed by atoms with E-state index >= 15 is 0 Å². The van der Waals surface area contributed by atoms with Gasteiger partial charge in [0.2, 0.25) is 0 Å². The molecule has 0 N–H and O–H groups in total. The Balaban J connectivity index is 2.63. The van der Waals surface area contributed by atoms with Gasteiger partial charge in [0.1, 0.15) is 0 Å². The first-order chi connectivity index (χ1) is 5.96. The van der Waals surface area contributed by atoms with Gasteiger partial charge in [-0.3, -0.25) is 4.90 Å². The molecule has 0 saturated carbocycles. The van der Waals surface area contributed by atoms with Crippen LogP contribution in [-0.4, -0.2) is 30.0 Å².